The highest BCUT2D eigenvalue weighted by molar-refractivity contribution is 5.81. The zero-order chi connectivity index (χ0) is 17.6. The van der Waals surface area contributed by atoms with E-state index in [2.05, 4.69) is 0 Å². The van der Waals surface area contributed by atoms with Crippen molar-refractivity contribution in [1.29, 1.82) is 0 Å². The molecule has 6 heteroatoms. The molecule has 23 heavy (non-hydrogen) atoms. The van der Waals surface area contributed by atoms with E-state index in [1.54, 1.807) is 20.8 Å². The topological polar surface area (TPSA) is 76.1 Å². The fourth-order valence-corrected chi connectivity index (χ4v) is 2.30. The number of carbonyl (C=O) groups is 2. The minimum Gasteiger partial charge on any atom is -0.493 e. The number of carbonyl (C=O) groups excluding carboxylic acids is 1. The van der Waals surface area contributed by atoms with Crippen molar-refractivity contribution in [3.63, 3.8) is 0 Å². The first kappa shape index (κ1) is 19.1. The number of ether oxygens (including phenoxy) is 2. The SMILES string of the molecule is C/C=C\C=C(/CC)O[C@@H]1C[C@@H](C(=O)O)N(C(=O)OC(C)(C)C)C1. The van der Waals surface area contributed by atoms with Gasteiger partial charge in [-0.05, 0) is 33.8 Å². The third-order valence-electron chi connectivity index (χ3n) is 3.32. The van der Waals surface area contributed by atoms with Gasteiger partial charge in [-0.25, -0.2) is 9.59 Å². The quantitative estimate of drug-likeness (QED) is 0.620. The molecule has 0 saturated carbocycles. The molecule has 1 N–H and O–H groups in total. The van der Waals surface area contributed by atoms with Crippen LogP contribution in [0.4, 0.5) is 4.79 Å². The van der Waals surface area contributed by atoms with Crippen molar-refractivity contribution in [2.45, 2.75) is 65.2 Å². The van der Waals surface area contributed by atoms with Crippen LogP contribution in [0.5, 0.6) is 0 Å². The summed E-state index contributed by atoms with van der Waals surface area (Å²) in [6.07, 6.45) is 5.60. The van der Waals surface area contributed by atoms with Gasteiger partial charge in [0.1, 0.15) is 17.7 Å². The Balaban J connectivity index is 2.81. The van der Waals surface area contributed by atoms with Gasteiger partial charge in [-0.1, -0.05) is 19.1 Å². The number of nitrogens with zero attached hydrogens (tertiary/aromatic N) is 1. The molecular weight excluding hydrogens is 298 g/mol. The Morgan fingerprint density at radius 1 is 1.35 bits per heavy atom. The maximum atomic E-state index is 12.2. The summed E-state index contributed by atoms with van der Waals surface area (Å²) in [6, 6.07) is -0.922. The normalized spacial score (nSPS) is 22.5. The van der Waals surface area contributed by atoms with Crippen LogP contribution in [0.15, 0.2) is 24.0 Å². The highest BCUT2D eigenvalue weighted by Crippen LogP contribution is 2.25. The summed E-state index contributed by atoms with van der Waals surface area (Å²) in [6.45, 7) is 9.33. The third-order valence-corrected chi connectivity index (χ3v) is 3.32. The summed E-state index contributed by atoms with van der Waals surface area (Å²) < 4.78 is 11.1. The molecule has 0 spiro atoms. The second-order valence-corrected chi connectivity index (χ2v) is 6.47. The number of likely N-dealkylation sites (tertiary alicyclic amines) is 1. The molecule has 0 unspecified atom stereocenters. The van der Waals surface area contributed by atoms with Crippen LogP contribution in [-0.2, 0) is 14.3 Å². The minimum atomic E-state index is -1.04. The molecule has 1 aliphatic heterocycles. The van der Waals surface area contributed by atoms with Crippen LogP contribution in [0.1, 0.15) is 47.5 Å². The van der Waals surface area contributed by atoms with Gasteiger partial charge < -0.3 is 14.6 Å². The van der Waals surface area contributed by atoms with E-state index in [0.717, 1.165) is 5.76 Å². The first-order chi connectivity index (χ1) is 10.7. The lowest BCUT2D eigenvalue weighted by Crippen LogP contribution is -2.43. The van der Waals surface area contributed by atoms with Gasteiger partial charge in [0.05, 0.1) is 12.3 Å². The Bertz CT molecular complexity index is 490. The van der Waals surface area contributed by atoms with Crippen molar-refractivity contribution in [2.24, 2.45) is 0 Å². The minimum absolute atomic E-state index is 0.207. The average molecular weight is 325 g/mol. The Labute approximate surface area is 137 Å². The molecule has 0 radical (unpaired) electrons. The van der Waals surface area contributed by atoms with E-state index < -0.39 is 23.7 Å². The summed E-state index contributed by atoms with van der Waals surface area (Å²) in [4.78, 5) is 24.9. The van der Waals surface area contributed by atoms with Crippen LogP contribution >= 0.6 is 0 Å². The van der Waals surface area contributed by atoms with Crippen molar-refractivity contribution in [3.05, 3.63) is 24.0 Å². The molecule has 6 nitrogen and oxygen atoms in total. The molecule has 1 heterocycles. The van der Waals surface area contributed by atoms with Gasteiger partial charge in [-0.15, -0.1) is 0 Å². The summed E-state index contributed by atoms with van der Waals surface area (Å²) in [5.41, 5.74) is -0.667. The number of amides is 1. The zero-order valence-corrected chi connectivity index (χ0v) is 14.5. The van der Waals surface area contributed by atoms with E-state index in [4.69, 9.17) is 9.47 Å². The summed E-state index contributed by atoms with van der Waals surface area (Å²) in [7, 11) is 0. The van der Waals surface area contributed by atoms with Gasteiger partial charge in [-0.2, -0.15) is 0 Å². The number of aliphatic carboxylic acids is 1. The second-order valence-electron chi connectivity index (χ2n) is 6.47. The molecule has 0 aromatic heterocycles. The molecule has 1 aliphatic rings. The molecule has 2 atom stereocenters. The zero-order valence-electron chi connectivity index (χ0n) is 14.5. The van der Waals surface area contributed by atoms with Crippen molar-refractivity contribution in [1.82, 2.24) is 4.90 Å². The lowest BCUT2D eigenvalue weighted by molar-refractivity contribution is -0.142. The monoisotopic (exact) mass is 325 g/mol. The largest absolute Gasteiger partial charge is 0.493 e. The van der Waals surface area contributed by atoms with Gasteiger partial charge in [0, 0.05) is 12.8 Å². The molecule has 0 aromatic rings. The van der Waals surface area contributed by atoms with Crippen LogP contribution < -0.4 is 0 Å². The molecule has 1 fully saturated rings. The van der Waals surface area contributed by atoms with Crippen molar-refractivity contribution < 1.29 is 24.2 Å². The third kappa shape index (κ3) is 5.96. The highest BCUT2D eigenvalue weighted by atomic mass is 16.6. The molecule has 130 valence electrons. The van der Waals surface area contributed by atoms with Crippen LogP contribution in [0, 0.1) is 0 Å². The number of hydrogen-bond donors (Lipinski definition) is 1. The molecule has 1 rings (SSSR count). The predicted molar refractivity (Wildman–Crippen MR) is 87.0 cm³/mol. The van der Waals surface area contributed by atoms with E-state index in [0.29, 0.717) is 6.42 Å². The molecule has 1 saturated heterocycles. The van der Waals surface area contributed by atoms with Crippen molar-refractivity contribution >= 4 is 12.1 Å². The van der Waals surface area contributed by atoms with E-state index in [-0.39, 0.29) is 19.1 Å². The van der Waals surface area contributed by atoms with E-state index >= 15 is 0 Å². The fraction of sp³-hybridized carbons (Fsp3) is 0.647. The molecule has 1 amide bonds. The van der Waals surface area contributed by atoms with Gasteiger partial charge in [0.15, 0.2) is 0 Å². The predicted octanol–water partition coefficient (Wildman–Crippen LogP) is 3.34. The highest BCUT2D eigenvalue weighted by Gasteiger charge is 2.42. The fourth-order valence-electron chi connectivity index (χ4n) is 2.30. The molecule has 0 aromatic carbocycles. The number of hydrogen-bond acceptors (Lipinski definition) is 4. The van der Waals surface area contributed by atoms with Crippen molar-refractivity contribution in [2.75, 3.05) is 6.54 Å². The molecule has 0 aliphatic carbocycles. The van der Waals surface area contributed by atoms with Gasteiger partial charge in [0.25, 0.3) is 0 Å². The maximum absolute atomic E-state index is 12.2. The maximum Gasteiger partial charge on any atom is 0.411 e. The first-order valence-electron chi connectivity index (χ1n) is 7.88. The Hall–Kier alpha value is -1.98. The lowest BCUT2D eigenvalue weighted by Gasteiger charge is -2.26. The van der Waals surface area contributed by atoms with Gasteiger partial charge >= 0.3 is 12.1 Å². The van der Waals surface area contributed by atoms with E-state index in [1.165, 1.54) is 4.90 Å². The standard InChI is InChI=1S/C17H27NO5/c1-6-8-9-12(7-2)22-13-10-14(15(19)20)18(11-13)16(21)23-17(3,4)5/h6,8-9,13-14H,7,10-11H2,1-5H3,(H,19,20)/b8-6-,12-9+/t13-,14+/m1/s1. The van der Waals surface area contributed by atoms with Crippen molar-refractivity contribution in [3.8, 4) is 0 Å². The van der Waals surface area contributed by atoms with Crippen LogP contribution in [0.25, 0.3) is 0 Å². The average Bonchev–Trinajstić information content (AvgIpc) is 2.85. The van der Waals surface area contributed by atoms with Crippen LogP contribution in [0.3, 0.4) is 0 Å². The number of rotatable bonds is 5. The number of carboxylic acids is 1. The Morgan fingerprint density at radius 2 is 2.00 bits per heavy atom. The summed E-state index contributed by atoms with van der Waals surface area (Å²) in [5.74, 6) is -0.277. The Kier molecular flexibility index (Phi) is 6.66. The van der Waals surface area contributed by atoms with Crippen LogP contribution in [-0.4, -0.2) is 46.4 Å². The summed E-state index contributed by atoms with van der Waals surface area (Å²) in [5, 5.41) is 9.35. The smallest absolute Gasteiger partial charge is 0.411 e. The van der Waals surface area contributed by atoms with Gasteiger partial charge in [0.2, 0.25) is 0 Å². The summed E-state index contributed by atoms with van der Waals surface area (Å²) >= 11 is 0. The van der Waals surface area contributed by atoms with E-state index in [1.807, 2.05) is 32.1 Å². The molecule has 0 bridgehead atoms. The van der Waals surface area contributed by atoms with E-state index in [9.17, 15) is 14.7 Å². The Morgan fingerprint density at radius 3 is 2.48 bits per heavy atom. The number of carboxylic acid groups (broad SMARTS) is 1. The number of allylic oxidation sites excluding steroid dienone is 4. The lowest BCUT2D eigenvalue weighted by atomic mass is 10.2. The second kappa shape index (κ2) is 8.04. The molecular formula is C17H27NO5. The van der Waals surface area contributed by atoms with Crippen LogP contribution in [0.2, 0.25) is 0 Å². The first-order valence-corrected chi connectivity index (χ1v) is 7.88. The van der Waals surface area contributed by atoms with Gasteiger partial charge in [-0.3, -0.25) is 4.90 Å².